The summed E-state index contributed by atoms with van der Waals surface area (Å²) in [4.78, 5) is 5.99. The number of rotatable bonds is 5. The van der Waals surface area contributed by atoms with E-state index in [1.807, 2.05) is 11.9 Å². The third-order valence-corrected chi connectivity index (χ3v) is 3.19. The predicted molar refractivity (Wildman–Crippen MR) is 71.1 cm³/mol. The maximum atomic E-state index is 14.0. The van der Waals surface area contributed by atoms with Crippen molar-refractivity contribution in [3.8, 4) is 0 Å². The Morgan fingerprint density at radius 3 is 2.59 bits per heavy atom. The molecule has 2 nitrogen and oxygen atoms in total. The van der Waals surface area contributed by atoms with Crippen molar-refractivity contribution in [3.05, 3.63) is 23.6 Å². The molecule has 0 fully saturated rings. The molecule has 0 N–H and O–H groups in total. The van der Waals surface area contributed by atoms with E-state index >= 15 is 0 Å². The molecule has 0 aliphatic heterocycles. The number of nitrogens with zero attached hydrogens (tertiary/aromatic N) is 2. The van der Waals surface area contributed by atoms with E-state index in [1.165, 1.54) is 0 Å². The molecule has 0 spiro atoms. The minimum Gasteiger partial charge on any atom is -0.355 e. The topological polar surface area (TPSA) is 16.1 Å². The summed E-state index contributed by atoms with van der Waals surface area (Å²) in [6.45, 7) is 6.39. The van der Waals surface area contributed by atoms with Crippen molar-refractivity contribution in [1.29, 1.82) is 0 Å². The number of pyridine rings is 1. The van der Waals surface area contributed by atoms with E-state index < -0.39 is 0 Å². The molecule has 0 aliphatic rings. The Balaban J connectivity index is 2.92. The molecule has 0 radical (unpaired) electrons. The first-order chi connectivity index (χ1) is 7.97. The first kappa shape index (κ1) is 14.2. The fourth-order valence-electron chi connectivity index (χ4n) is 1.87. The zero-order valence-corrected chi connectivity index (χ0v) is 11.6. The van der Waals surface area contributed by atoms with Gasteiger partial charge in [0.05, 0.1) is 5.88 Å². The summed E-state index contributed by atoms with van der Waals surface area (Å²) in [5, 5.41) is 0. The summed E-state index contributed by atoms with van der Waals surface area (Å²) in [5.41, 5.74) is 0.500. The maximum absolute atomic E-state index is 14.0. The Labute approximate surface area is 108 Å². The average Bonchev–Trinajstić information content (AvgIpc) is 2.27. The Kier molecular flexibility index (Phi) is 5.19. The van der Waals surface area contributed by atoms with E-state index in [-0.39, 0.29) is 17.7 Å². The van der Waals surface area contributed by atoms with Crippen LogP contribution in [0.25, 0.3) is 0 Å². The van der Waals surface area contributed by atoms with Gasteiger partial charge in [-0.25, -0.2) is 9.37 Å². The van der Waals surface area contributed by atoms with E-state index in [0.29, 0.717) is 17.3 Å². The maximum Gasteiger partial charge on any atom is 0.170 e. The summed E-state index contributed by atoms with van der Waals surface area (Å²) in [7, 11) is 1.87. The zero-order valence-electron chi connectivity index (χ0n) is 10.9. The first-order valence-electron chi connectivity index (χ1n) is 5.89. The quantitative estimate of drug-likeness (QED) is 0.747. The van der Waals surface area contributed by atoms with Gasteiger partial charge in [-0.1, -0.05) is 13.8 Å². The van der Waals surface area contributed by atoms with Crippen molar-refractivity contribution < 1.29 is 4.39 Å². The van der Waals surface area contributed by atoms with Crippen molar-refractivity contribution in [3.63, 3.8) is 0 Å². The number of halogens is 2. The minimum atomic E-state index is -0.305. The molecule has 4 heteroatoms. The van der Waals surface area contributed by atoms with Crippen LogP contribution in [0.4, 0.5) is 10.2 Å². The summed E-state index contributed by atoms with van der Waals surface area (Å²) in [6.07, 6.45) is 2.61. The molecule has 96 valence electrons. The standard InChI is InChI=1S/C13H20ClFN2/c1-9(2)7-10(3)17(4)13-12(15)11(8-14)5-6-16-13/h5-6,9-10H,7-8H2,1-4H3. The Hall–Kier alpha value is -0.830. The van der Waals surface area contributed by atoms with Crippen molar-refractivity contribution >= 4 is 17.4 Å². The van der Waals surface area contributed by atoms with Crippen LogP contribution in [0.2, 0.25) is 0 Å². The van der Waals surface area contributed by atoms with Gasteiger partial charge < -0.3 is 4.90 Å². The number of aromatic nitrogens is 1. The van der Waals surface area contributed by atoms with Gasteiger partial charge in [0.15, 0.2) is 11.6 Å². The van der Waals surface area contributed by atoms with E-state index in [9.17, 15) is 4.39 Å². The van der Waals surface area contributed by atoms with Crippen molar-refractivity contribution in [2.75, 3.05) is 11.9 Å². The summed E-state index contributed by atoms with van der Waals surface area (Å²) in [5.74, 6) is 0.830. The summed E-state index contributed by atoms with van der Waals surface area (Å²) in [6, 6.07) is 1.87. The van der Waals surface area contributed by atoms with E-state index in [2.05, 4.69) is 25.8 Å². The van der Waals surface area contributed by atoms with Crippen molar-refractivity contribution in [2.45, 2.75) is 39.1 Å². The second-order valence-corrected chi connectivity index (χ2v) is 5.10. The zero-order chi connectivity index (χ0) is 13.0. The Bertz CT molecular complexity index is 368. The fourth-order valence-corrected chi connectivity index (χ4v) is 2.08. The number of hydrogen-bond acceptors (Lipinski definition) is 2. The second kappa shape index (κ2) is 6.20. The molecule has 0 saturated carbocycles. The fraction of sp³-hybridized carbons (Fsp3) is 0.615. The van der Waals surface area contributed by atoms with Gasteiger partial charge in [-0.05, 0) is 25.3 Å². The van der Waals surface area contributed by atoms with Gasteiger partial charge in [0.25, 0.3) is 0 Å². The third-order valence-electron chi connectivity index (χ3n) is 2.90. The molecule has 0 saturated heterocycles. The van der Waals surface area contributed by atoms with Crippen LogP contribution in [0.5, 0.6) is 0 Å². The summed E-state index contributed by atoms with van der Waals surface area (Å²) >= 11 is 5.69. The molecular formula is C13H20ClFN2. The third kappa shape index (κ3) is 3.56. The molecule has 1 heterocycles. The van der Waals surface area contributed by atoms with Crippen LogP contribution in [0, 0.1) is 11.7 Å². The lowest BCUT2D eigenvalue weighted by Crippen LogP contribution is -2.31. The molecule has 1 rings (SSSR count). The Morgan fingerprint density at radius 1 is 1.41 bits per heavy atom. The molecule has 1 aromatic heterocycles. The molecule has 0 aromatic carbocycles. The van der Waals surface area contributed by atoms with Crippen LogP contribution in [0.1, 0.15) is 32.8 Å². The van der Waals surface area contributed by atoms with E-state index in [0.717, 1.165) is 6.42 Å². The van der Waals surface area contributed by atoms with Crippen LogP contribution < -0.4 is 4.90 Å². The smallest absolute Gasteiger partial charge is 0.170 e. The molecule has 1 atom stereocenters. The van der Waals surface area contributed by atoms with Gasteiger partial charge in [-0.15, -0.1) is 11.6 Å². The van der Waals surface area contributed by atoms with Crippen LogP contribution in [-0.4, -0.2) is 18.1 Å². The van der Waals surface area contributed by atoms with Gasteiger partial charge in [-0.2, -0.15) is 0 Å². The summed E-state index contributed by atoms with van der Waals surface area (Å²) < 4.78 is 14.0. The van der Waals surface area contributed by atoms with E-state index in [1.54, 1.807) is 12.3 Å². The highest BCUT2D eigenvalue weighted by Gasteiger charge is 2.18. The number of alkyl halides is 1. The molecule has 17 heavy (non-hydrogen) atoms. The van der Waals surface area contributed by atoms with Gasteiger partial charge in [0.2, 0.25) is 0 Å². The van der Waals surface area contributed by atoms with Crippen LogP contribution in [0.3, 0.4) is 0 Å². The molecule has 0 amide bonds. The highest BCUT2D eigenvalue weighted by molar-refractivity contribution is 6.17. The monoisotopic (exact) mass is 258 g/mol. The second-order valence-electron chi connectivity index (χ2n) is 4.83. The van der Waals surface area contributed by atoms with Crippen LogP contribution >= 0.6 is 11.6 Å². The number of hydrogen-bond donors (Lipinski definition) is 0. The lowest BCUT2D eigenvalue weighted by Gasteiger charge is -2.27. The molecular weight excluding hydrogens is 239 g/mol. The molecule has 1 aromatic rings. The molecule has 0 aliphatic carbocycles. The number of anilines is 1. The van der Waals surface area contributed by atoms with Crippen LogP contribution in [0.15, 0.2) is 12.3 Å². The SMILES string of the molecule is CC(C)CC(C)N(C)c1nccc(CCl)c1F. The van der Waals surface area contributed by atoms with Crippen molar-refractivity contribution in [2.24, 2.45) is 5.92 Å². The lowest BCUT2D eigenvalue weighted by molar-refractivity contribution is 0.494. The van der Waals surface area contributed by atoms with Gasteiger partial charge >= 0.3 is 0 Å². The predicted octanol–water partition coefficient (Wildman–Crippen LogP) is 3.83. The first-order valence-corrected chi connectivity index (χ1v) is 6.43. The highest BCUT2D eigenvalue weighted by Crippen LogP contribution is 2.23. The van der Waals surface area contributed by atoms with Gasteiger partial charge in [0, 0.05) is 24.8 Å². The lowest BCUT2D eigenvalue weighted by atomic mass is 10.0. The Morgan fingerprint density at radius 2 is 2.06 bits per heavy atom. The average molecular weight is 259 g/mol. The highest BCUT2D eigenvalue weighted by atomic mass is 35.5. The van der Waals surface area contributed by atoms with Crippen molar-refractivity contribution in [1.82, 2.24) is 4.98 Å². The minimum absolute atomic E-state index is 0.174. The largest absolute Gasteiger partial charge is 0.355 e. The molecule has 1 unspecified atom stereocenters. The molecule has 0 bridgehead atoms. The van der Waals surface area contributed by atoms with Gasteiger partial charge in [-0.3, -0.25) is 0 Å². The van der Waals surface area contributed by atoms with Crippen LogP contribution in [-0.2, 0) is 5.88 Å². The van der Waals surface area contributed by atoms with Gasteiger partial charge in [0.1, 0.15) is 0 Å². The van der Waals surface area contributed by atoms with E-state index in [4.69, 9.17) is 11.6 Å². The normalized spacial score (nSPS) is 12.9.